The molecule has 0 bridgehead atoms. The number of rotatable bonds is 5. The first kappa shape index (κ1) is 16.5. The molecule has 2 N–H and O–H groups in total. The van der Waals surface area contributed by atoms with E-state index in [1.807, 2.05) is 25.1 Å². The number of hydrogen-bond donors (Lipinski definition) is 2. The van der Waals surface area contributed by atoms with Crippen LogP contribution in [0.1, 0.15) is 34.2 Å². The van der Waals surface area contributed by atoms with Gasteiger partial charge in [-0.05, 0) is 37.5 Å². The van der Waals surface area contributed by atoms with Gasteiger partial charge in [0, 0.05) is 31.4 Å². The maximum atomic E-state index is 12.1. The van der Waals surface area contributed by atoms with Gasteiger partial charge in [0.05, 0.1) is 18.2 Å². The van der Waals surface area contributed by atoms with Gasteiger partial charge in [-0.15, -0.1) is 0 Å². The normalized spacial score (nSPS) is 14.6. The van der Waals surface area contributed by atoms with E-state index in [1.54, 1.807) is 6.92 Å². The third-order valence-corrected chi connectivity index (χ3v) is 4.63. The smallest absolute Gasteiger partial charge is 0.224 e. The number of benzene rings is 1. The number of aliphatic hydroxyl groups is 1. The summed E-state index contributed by atoms with van der Waals surface area (Å²) in [7, 11) is 2.07. The van der Waals surface area contributed by atoms with Gasteiger partial charge in [-0.3, -0.25) is 4.79 Å². The number of nitrogens with one attached hydrogen (secondary N) is 1. The molecule has 128 valence electrons. The van der Waals surface area contributed by atoms with Crippen LogP contribution in [0.2, 0.25) is 0 Å². The molecule has 6 heteroatoms. The van der Waals surface area contributed by atoms with E-state index < -0.39 is 6.10 Å². The van der Waals surface area contributed by atoms with Crippen LogP contribution in [-0.2, 0) is 17.6 Å². The first-order valence-electron chi connectivity index (χ1n) is 8.16. The average molecular weight is 329 g/mol. The largest absolute Gasteiger partial charge is 0.387 e. The van der Waals surface area contributed by atoms with Crippen molar-refractivity contribution in [3.05, 3.63) is 46.3 Å². The number of aryl methyl sites for hydroxylation is 2. The van der Waals surface area contributed by atoms with Crippen LogP contribution < -0.4 is 10.2 Å². The highest BCUT2D eigenvalue weighted by atomic mass is 16.5. The number of hydrogen-bond acceptors (Lipinski definition) is 5. The van der Waals surface area contributed by atoms with Crippen molar-refractivity contribution in [1.29, 1.82) is 0 Å². The Morgan fingerprint density at radius 3 is 2.96 bits per heavy atom. The Morgan fingerprint density at radius 2 is 2.25 bits per heavy atom. The number of nitrogens with zero attached hydrogens (tertiary/aromatic N) is 2. The summed E-state index contributed by atoms with van der Waals surface area (Å²) in [6.07, 6.45) is 0.489. The van der Waals surface area contributed by atoms with Crippen LogP contribution in [0.15, 0.2) is 22.7 Å². The maximum Gasteiger partial charge on any atom is 0.224 e. The van der Waals surface area contributed by atoms with E-state index in [4.69, 9.17) is 4.52 Å². The van der Waals surface area contributed by atoms with E-state index >= 15 is 0 Å². The number of aromatic nitrogens is 1. The zero-order chi connectivity index (χ0) is 17.3. The Kier molecular flexibility index (Phi) is 4.57. The summed E-state index contributed by atoms with van der Waals surface area (Å²) in [6.45, 7) is 4.80. The lowest BCUT2D eigenvalue weighted by atomic mass is 10.0. The summed E-state index contributed by atoms with van der Waals surface area (Å²) < 4.78 is 5.06. The standard InChI is InChI=1S/C18H23N3O3/c1-11-15(12(2)24-20-11)9-18(23)19-10-17(22)14-4-5-16-13(8-14)6-7-21(16)3/h4-5,8,17,22H,6-7,9-10H2,1-3H3,(H,19,23). The van der Waals surface area contributed by atoms with Crippen LogP contribution >= 0.6 is 0 Å². The van der Waals surface area contributed by atoms with Crippen molar-refractivity contribution in [3.63, 3.8) is 0 Å². The second kappa shape index (κ2) is 6.65. The Balaban J connectivity index is 1.57. The fourth-order valence-electron chi connectivity index (χ4n) is 3.10. The molecule has 6 nitrogen and oxygen atoms in total. The quantitative estimate of drug-likeness (QED) is 0.872. The van der Waals surface area contributed by atoms with Gasteiger partial charge in [-0.2, -0.15) is 0 Å². The summed E-state index contributed by atoms with van der Waals surface area (Å²) in [6, 6.07) is 5.99. The number of aliphatic hydroxyl groups excluding tert-OH is 1. The monoisotopic (exact) mass is 329 g/mol. The van der Waals surface area contributed by atoms with E-state index in [1.165, 1.54) is 11.3 Å². The molecule has 2 heterocycles. The first-order valence-corrected chi connectivity index (χ1v) is 8.16. The van der Waals surface area contributed by atoms with Crippen LogP contribution in [0, 0.1) is 13.8 Å². The molecule has 1 atom stereocenters. The van der Waals surface area contributed by atoms with Gasteiger partial charge < -0.3 is 19.8 Å². The SMILES string of the molecule is Cc1noc(C)c1CC(=O)NCC(O)c1ccc2c(c1)CCN2C. The number of fused-ring (bicyclic) bond motifs is 1. The van der Waals surface area contributed by atoms with Crippen LogP contribution in [-0.4, -0.2) is 36.3 Å². The minimum absolute atomic E-state index is 0.149. The van der Waals surface area contributed by atoms with Crippen LogP contribution in [0.3, 0.4) is 0 Å². The first-order chi connectivity index (χ1) is 11.5. The lowest BCUT2D eigenvalue weighted by Gasteiger charge is -2.15. The maximum absolute atomic E-state index is 12.1. The molecule has 1 amide bonds. The molecule has 0 saturated carbocycles. The topological polar surface area (TPSA) is 78.6 Å². The highest BCUT2D eigenvalue weighted by Gasteiger charge is 2.19. The predicted octanol–water partition coefficient (Wildman–Crippen LogP) is 1.68. The summed E-state index contributed by atoms with van der Waals surface area (Å²) >= 11 is 0. The summed E-state index contributed by atoms with van der Waals surface area (Å²) in [5.74, 6) is 0.510. The average Bonchev–Trinajstić information content (AvgIpc) is 3.09. The van der Waals surface area contributed by atoms with Gasteiger partial charge in [-0.1, -0.05) is 17.3 Å². The molecule has 3 rings (SSSR count). The third kappa shape index (κ3) is 3.28. The highest BCUT2D eigenvalue weighted by molar-refractivity contribution is 5.79. The molecule has 1 unspecified atom stereocenters. The van der Waals surface area contributed by atoms with Gasteiger partial charge in [0.1, 0.15) is 5.76 Å². The predicted molar refractivity (Wildman–Crippen MR) is 91.1 cm³/mol. The molecule has 1 aliphatic rings. The third-order valence-electron chi connectivity index (χ3n) is 4.63. The summed E-state index contributed by atoms with van der Waals surface area (Å²) in [5, 5.41) is 17.0. The molecule has 0 fully saturated rings. The molecule has 0 spiro atoms. The van der Waals surface area contributed by atoms with Gasteiger partial charge in [0.2, 0.25) is 5.91 Å². The van der Waals surface area contributed by atoms with Crippen molar-refractivity contribution in [1.82, 2.24) is 10.5 Å². The molecule has 0 saturated heterocycles. The lowest BCUT2D eigenvalue weighted by molar-refractivity contribution is -0.120. The number of carbonyl (C=O) groups is 1. The molecule has 1 aromatic carbocycles. The van der Waals surface area contributed by atoms with E-state index in [0.29, 0.717) is 5.76 Å². The van der Waals surface area contributed by atoms with Crippen molar-refractivity contribution < 1.29 is 14.4 Å². The lowest BCUT2D eigenvalue weighted by Crippen LogP contribution is -2.30. The number of amides is 1. The van der Waals surface area contributed by atoms with Gasteiger partial charge in [0.25, 0.3) is 0 Å². The molecular formula is C18H23N3O3. The Morgan fingerprint density at radius 1 is 1.46 bits per heavy atom. The van der Waals surface area contributed by atoms with Crippen molar-refractivity contribution in [2.45, 2.75) is 32.8 Å². The van der Waals surface area contributed by atoms with Gasteiger partial charge >= 0.3 is 0 Å². The second-order valence-electron chi connectivity index (χ2n) is 6.36. The van der Waals surface area contributed by atoms with Crippen LogP contribution in [0.25, 0.3) is 0 Å². The van der Waals surface area contributed by atoms with Gasteiger partial charge in [0.15, 0.2) is 0 Å². The summed E-state index contributed by atoms with van der Waals surface area (Å²) in [4.78, 5) is 14.3. The van der Waals surface area contributed by atoms with Crippen molar-refractivity contribution in [2.24, 2.45) is 0 Å². The highest BCUT2D eigenvalue weighted by Crippen LogP contribution is 2.29. The minimum atomic E-state index is -0.713. The van der Waals surface area contributed by atoms with Crippen LogP contribution in [0.4, 0.5) is 5.69 Å². The minimum Gasteiger partial charge on any atom is -0.387 e. The number of carbonyl (C=O) groups excluding carboxylic acids is 1. The van der Waals surface area contributed by atoms with Crippen LogP contribution in [0.5, 0.6) is 0 Å². The second-order valence-corrected chi connectivity index (χ2v) is 6.36. The van der Waals surface area contributed by atoms with Crippen molar-refractivity contribution in [2.75, 3.05) is 25.0 Å². The van der Waals surface area contributed by atoms with E-state index in [0.717, 1.165) is 29.8 Å². The zero-order valence-electron chi connectivity index (χ0n) is 14.3. The molecule has 0 radical (unpaired) electrons. The van der Waals surface area contributed by atoms with Gasteiger partial charge in [-0.25, -0.2) is 0 Å². The van der Waals surface area contributed by atoms with Crippen molar-refractivity contribution >= 4 is 11.6 Å². The van der Waals surface area contributed by atoms with E-state index in [2.05, 4.69) is 22.4 Å². The van der Waals surface area contributed by atoms with E-state index in [-0.39, 0.29) is 18.9 Å². The Hall–Kier alpha value is -2.34. The Bertz CT molecular complexity index is 734. The Labute approximate surface area is 141 Å². The molecule has 24 heavy (non-hydrogen) atoms. The molecule has 1 aliphatic heterocycles. The van der Waals surface area contributed by atoms with Crippen molar-refractivity contribution in [3.8, 4) is 0 Å². The molecule has 2 aromatic rings. The zero-order valence-corrected chi connectivity index (χ0v) is 14.3. The van der Waals surface area contributed by atoms with E-state index in [9.17, 15) is 9.90 Å². The number of likely N-dealkylation sites (N-methyl/N-ethyl adjacent to an activating group) is 1. The fourth-order valence-corrected chi connectivity index (χ4v) is 3.10. The number of anilines is 1. The fraction of sp³-hybridized carbons (Fsp3) is 0.444. The molecule has 1 aromatic heterocycles. The molecular weight excluding hydrogens is 306 g/mol. The molecule has 0 aliphatic carbocycles. The summed E-state index contributed by atoms with van der Waals surface area (Å²) in [5.41, 5.74) is 4.83.